The van der Waals surface area contributed by atoms with Crippen molar-refractivity contribution >= 4 is 12.2 Å². The predicted molar refractivity (Wildman–Crippen MR) is 71.5 cm³/mol. The predicted octanol–water partition coefficient (Wildman–Crippen LogP) is 3.17. The molecule has 1 N–H and O–H groups in total. The van der Waals surface area contributed by atoms with Gasteiger partial charge in [-0.15, -0.1) is 0 Å². The molecular formula is C14H25NO3. The summed E-state index contributed by atoms with van der Waals surface area (Å²) in [6, 6.07) is 0. The van der Waals surface area contributed by atoms with Gasteiger partial charge in [0.05, 0.1) is 5.92 Å². The third-order valence-electron chi connectivity index (χ3n) is 3.91. The van der Waals surface area contributed by atoms with Gasteiger partial charge < -0.3 is 9.94 Å². The molecule has 0 aromatic carbocycles. The molecule has 0 aliphatic heterocycles. The molecule has 0 bridgehead atoms. The lowest BCUT2D eigenvalue weighted by Gasteiger charge is -2.15. The van der Waals surface area contributed by atoms with Gasteiger partial charge in [0.25, 0.3) is 0 Å². The second-order valence-electron chi connectivity index (χ2n) is 6.37. The monoisotopic (exact) mass is 255 g/mol. The molecule has 0 unspecified atom stereocenters. The summed E-state index contributed by atoms with van der Waals surface area (Å²) in [5.41, 5.74) is -0.0416. The lowest BCUT2D eigenvalue weighted by molar-refractivity contribution is -0.139. The zero-order valence-electron chi connectivity index (χ0n) is 12.1. The molecule has 0 aromatic rings. The topological polar surface area (TPSA) is 58.9 Å². The fourth-order valence-corrected chi connectivity index (χ4v) is 2.66. The number of rotatable bonds is 6. The summed E-state index contributed by atoms with van der Waals surface area (Å²) < 4.78 is 0. The van der Waals surface area contributed by atoms with Crippen LogP contribution >= 0.6 is 0 Å². The van der Waals surface area contributed by atoms with Crippen LogP contribution in [-0.2, 0) is 9.63 Å². The Hall–Kier alpha value is -1.06. The fourth-order valence-electron chi connectivity index (χ4n) is 2.66. The molecule has 4 nitrogen and oxygen atoms in total. The van der Waals surface area contributed by atoms with Crippen LogP contribution < -0.4 is 0 Å². The van der Waals surface area contributed by atoms with Gasteiger partial charge in [0.1, 0.15) is 6.61 Å². The summed E-state index contributed by atoms with van der Waals surface area (Å²) >= 11 is 0. The highest BCUT2D eigenvalue weighted by Crippen LogP contribution is 2.62. The maximum atomic E-state index is 11.2. The molecule has 104 valence electrons. The molecule has 1 fully saturated rings. The van der Waals surface area contributed by atoms with Gasteiger partial charge in [-0.3, -0.25) is 4.79 Å². The van der Waals surface area contributed by atoms with Gasteiger partial charge in [0, 0.05) is 12.1 Å². The van der Waals surface area contributed by atoms with Crippen LogP contribution in [0.25, 0.3) is 0 Å². The lowest BCUT2D eigenvalue weighted by atomic mass is 9.95. The number of oxime groups is 1. The molecule has 1 saturated carbocycles. The average molecular weight is 255 g/mol. The van der Waals surface area contributed by atoms with Crippen molar-refractivity contribution in [3.05, 3.63) is 0 Å². The summed E-state index contributed by atoms with van der Waals surface area (Å²) in [7, 11) is 0. The van der Waals surface area contributed by atoms with Crippen molar-refractivity contribution < 1.29 is 14.7 Å². The molecule has 0 saturated heterocycles. The van der Waals surface area contributed by atoms with Gasteiger partial charge in [0.2, 0.25) is 0 Å². The third kappa shape index (κ3) is 3.03. The van der Waals surface area contributed by atoms with Gasteiger partial charge in [0.15, 0.2) is 0 Å². The summed E-state index contributed by atoms with van der Waals surface area (Å²) in [6.45, 7) is 10.8. The van der Waals surface area contributed by atoms with E-state index in [1.54, 1.807) is 6.21 Å². The summed E-state index contributed by atoms with van der Waals surface area (Å²) in [5, 5.41) is 13.2. The van der Waals surface area contributed by atoms with Crippen LogP contribution in [0.15, 0.2) is 5.16 Å². The van der Waals surface area contributed by atoms with E-state index in [9.17, 15) is 9.90 Å². The number of carbonyl (C=O) groups is 1. The van der Waals surface area contributed by atoms with Crippen molar-refractivity contribution in [2.45, 2.75) is 47.5 Å². The fraction of sp³-hybridized carbons (Fsp3) is 0.857. The highest BCUT2D eigenvalue weighted by molar-refractivity contribution is 5.84. The Morgan fingerprint density at radius 2 is 1.94 bits per heavy atom. The molecule has 18 heavy (non-hydrogen) atoms. The Bertz CT molecular complexity index is 326. The van der Waals surface area contributed by atoms with E-state index in [0.717, 1.165) is 12.8 Å². The van der Waals surface area contributed by atoms with Crippen LogP contribution in [0.1, 0.15) is 47.5 Å². The molecule has 1 aliphatic carbocycles. The Labute approximate surface area is 109 Å². The van der Waals surface area contributed by atoms with E-state index in [2.05, 4.69) is 25.9 Å². The zero-order chi connectivity index (χ0) is 14.0. The first-order chi connectivity index (χ1) is 8.28. The minimum absolute atomic E-state index is 0.0185. The highest BCUT2D eigenvalue weighted by Gasteiger charge is 2.65. The number of hydrogen-bond donors (Lipinski definition) is 1. The minimum Gasteiger partial charge on any atom is -0.481 e. The first kappa shape index (κ1) is 15.0. The molecule has 0 aromatic heterocycles. The van der Waals surface area contributed by atoms with Gasteiger partial charge in [-0.05, 0) is 23.7 Å². The summed E-state index contributed by atoms with van der Waals surface area (Å²) in [4.78, 5) is 16.4. The van der Waals surface area contributed by atoms with E-state index in [0.29, 0.717) is 6.61 Å². The number of hydrogen-bond acceptors (Lipinski definition) is 3. The highest BCUT2D eigenvalue weighted by atomic mass is 16.6. The van der Waals surface area contributed by atoms with E-state index < -0.39 is 5.97 Å². The van der Waals surface area contributed by atoms with Gasteiger partial charge >= 0.3 is 5.97 Å². The molecule has 0 radical (unpaired) electrons. The van der Waals surface area contributed by atoms with Crippen molar-refractivity contribution in [2.24, 2.45) is 27.8 Å². The largest absolute Gasteiger partial charge is 0.481 e. The van der Waals surface area contributed by atoms with Crippen LogP contribution in [-0.4, -0.2) is 23.9 Å². The van der Waals surface area contributed by atoms with Crippen LogP contribution in [0.2, 0.25) is 0 Å². The van der Waals surface area contributed by atoms with E-state index in [1.807, 2.05) is 13.8 Å². The Balaban J connectivity index is 2.57. The third-order valence-corrected chi connectivity index (χ3v) is 3.91. The van der Waals surface area contributed by atoms with E-state index >= 15 is 0 Å². The van der Waals surface area contributed by atoms with Gasteiger partial charge in [-0.25, -0.2) is 0 Å². The van der Waals surface area contributed by atoms with Crippen molar-refractivity contribution in [1.82, 2.24) is 0 Å². The zero-order valence-corrected chi connectivity index (χ0v) is 12.1. The quantitative estimate of drug-likeness (QED) is 0.586. The van der Waals surface area contributed by atoms with Crippen molar-refractivity contribution in [1.29, 1.82) is 0 Å². The van der Waals surface area contributed by atoms with Crippen LogP contribution in [0.5, 0.6) is 0 Å². The molecule has 0 heterocycles. The van der Waals surface area contributed by atoms with E-state index in [-0.39, 0.29) is 22.7 Å². The van der Waals surface area contributed by atoms with E-state index in [4.69, 9.17) is 4.84 Å². The summed E-state index contributed by atoms with van der Waals surface area (Å²) in [6.07, 6.45) is 3.43. The van der Waals surface area contributed by atoms with Crippen molar-refractivity contribution in [3.8, 4) is 0 Å². The second-order valence-corrected chi connectivity index (χ2v) is 6.37. The summed E-state index contributed by atoms with van der Waals surface area (Å²) in [5.74, 6) is -0.995. The van der Waals surface area contributed by atoms with Crippen LogP contribution in [0.4, 0.5) is 0 Å². The lowest BCUT2D eigenvalue weighted by Crippen LogP contribution is -2.12. The van der Waals surface area contributed by atoms with Crippen molar-refractivity contribution in [2.75, 3.05) is 6.61 Å². The molecular weight excluding hydrogens is 230 g/mol. The molecule has 2 atom stereocenters. The number of nitrogens with zero attached hydrogens (tertiary/aromatic N) is 1. The number of carboxylic acids is 1. The van der Waals surface area contributed by atoms with Crippen molar-refractivity contribution in [3.63, 3.8) is 0 Å². The molecule has 0 amide bonds. The number of carboxylic acid groups (broad SMARTS) is 1. The van der Waals surface area contributed by atoms with Gasteiger partial charge in [-0.2, -0.15) is 0 Å². The average Bonchev–Trinajstić information content (AvgIpc) is 2.92. The first-order valence-electron chi connectivity index (χ1n) is 6.66. The molecule has 1 rings (SSSR count). The van der Waals surface area contributed by atoms with Crippen LogP contribution in [0.3, 0.4) is 0 Å². The molecule has 4 heteroatoms. The normalized spacial score (nSPS) is 26.3. The minimum atomic E-state index is -0.717. The maximum Gasteiger partial charge on any atom is 0.307 e. The Morgan fingerprint density at radius 1 is 1.39 bits per heavy atom. The van der Waals surface area contributed by atoms with Crippen LogP contribution in [0, 0.1) is 22.7 Å². The first-order valence-corrected chi connectivity index (χ1v) is 6.66. The van der Waals surface area contributed by atoms with Gasteiger partial charge in [-0.1, -0.05) is 39.8 Å². The SMILES string of the molecule is CCC1(CC)[C@H](C(=O)O)[C@@H]1C=NOCC(C)(C)C. The second kappa shape index (κ2) is 5.29. The maximum absolute atomic E-state index is 11.2. The standard InChI is InChI=1S/C14H25NO3/c1-6-14(7-2)10(11(14)12(16)17)8-15-18-9-13(3,4)5/h8,10-11H,6-7,9H2,1-5H3,(H,16,17)/t10-,11-/m0/s1. The number of aliphatic carboxylic acids is 1. The molecule has 0 spiro atoms. The Morgan fingerprint density at radius 3 is 2.28 bits per heavy atom. The molecule has 1 aliphatic rings. The Kier molecular flexibility index (Phi) is 4.41. The smallest absolute Gasteiger partial charge is 0.307 e. The van der Waals surface area contributed by atoms with E-state index in [1.165, 1.54) is 0 Å².